The third-order valence-electron chi connectivity index (χ3n) is 3.90. The predicted molar refractivity (Wildman–Crippen MR) is 94.9 cm³/mol. The Morgan fingerprint density at radius 1 is 1.17 bits per heavy atom. The molecule has 1 aromatic heterocycles. The molecule has 0 saturated carbocycles. The lowest BCUT2D eigenvalue weighted by Gasteiger charge is -2.04. The lowest BCUT2D eigenvalue weighted by molar-refractivity contribution is -0.0000127. The van der Waals surface area contributed by atoms with Gasteiger partial charge in [-0.05, 0) is 55.3 Å². The monoisotopic (exact) mass is 405 g/mol. The van der Waals surface area contributed by atoms with Crippen molar-refractivity contribution in [3.63, 3.8) is 0 Å². The van der Waals surface area contributed by atoms with Crippen LogP contribution in [-0.4, -0.2) is 24.4 Å². The number of hydrogen-bond donors (Lipinski definition) is 1. The van der Waals surface area contributed by atoms with Crippen molar-refractivity contribution in [3.8, 4) is 5.75 Å². The number of fused-ring (bicyclic) bond motifs is 1. The second-order valence-electron chi connectivity index (χ2n) is 5.38. The van der Waals surface area contributed by atoms with Gasteiger partial charge in [0.15, 0.2) is 10.9 Å². The highest BCUT2D eigenvalue weighted by Gasteiger charge is 2.10. The molecule has 6 heteroatoms. The summed E-state index contributed by atoms with van der Waals surface area (Å²) >= 11 is 1.57. The molecule has 3 rings (SSSR count). The van der Waals surface area contributed by atoms with Crippen LogP contribution in [0.2, 0.25) is 0 Å². The van der Waals surface area contributed by atoms with Crippen LogP contribution < -0.4 is 27.0 Å². The molecule has 0 saturated heterocycles. The molecular weight excluding hydrogens is 388 g/mol. The smallest absolute Gasteiger partial charge is 0.184 e. The molecule has 126 valence electrons. The number of aromatic nitrogens is 1. The van der Waals surface area contributed by atoms with Crippen LogP contribution >= 0.6 is 11.3 Å². The van der Waals surface area contributed by atoms with Crippen LogP contribution in [0.25, 0.3) is 10.2 Å². The lowest BCUT2D eigenvalue weighted by Crippen LogP contribution is -3.00. The molecule has 0 aliphatic heterocycles. The number of thiazole rings is 1. The third kappa shape index (κ3) is 3.76. The van der Waals surface area contributed by atoms with Gasteiger partial charge >= 0.3 is 0 Å². The molecule has 1 heterocycles. The fraction of sp³-hybridized carbons (Fsp3) is 0.222. The number of methoxy groups -OCH3 is 1. The van der Waals surface area contributed by atoms with Gasteiger partial charge in [0.1, 0.15) is 5.75 Å². The van der Waals surface area contributed by atoms with Crippen molar-refractivity contribution in [3.05, 3.63) is 53.1 Å². The van der Waals surface area contributed by atoms with E-state index < -0.39 is 0 Å². The van der Waals surface area contributed by atoms with E-state index in [9.17, 15) is 4.79 Å². The molecule has 0 fully saturated rings. The topological polar surface area (TPSA) is 51.2 Å². The summed E-state index contributed by atoms with van der Waals surface area (Å²) < 4.78 is 6.23. The van der Waals surface area contributed by atoms with Crippen molar-refractivity contribution in [2.24, 2.45) is 0 Å². The van der Waals surface area contributed by atoms with Gasteiger partial charge in [0.2, 0.25) is 0 Å². The third-order valence-corrected chi connectivity index (χ3v) is 4.88. The Balaban J connectivity index is 0.00000208. The summed E-state index contributed by atoms with van der Waals surface area (Å²) in [6.07, 6.45) is 0. The van der Waals surface area contributed by atoms with E-state index in [0.717, 1.165) is 21.1 Å². The Bertz CT molecular complexity index is 859. The van der Waals surface area contributed by atoms with Crippen molar-refractivity contribution in [2.75, 3.05) is 19.0 Å². The normalized spacial score (nSPS) is 10.3. The molecule has 0 aliphatic carbocycles. The molecule has 0 spiro atoms. The van der Waals surface area contributed by atoms with Crippen molar-refractivity contribution in [2.45, 2.75) is 13.8 Å². The number of anilines is 1. The van der Waals surface area contributed by atoms with Gasteiger partial charge in [-0.15, -0.1) is 0 Å². The van der Waals surface area contributed by atoms with Crippen molar-refractivity contribution < 1.29 is 26.5 Å². The second kappa shape index (κ2) is 7.77. The number of ether oxygens (including phenoxy) is 1. The van der Waals surface area contributed by atoms with E-state index in [1.807, 2.05) is 0 Å². The van der Waals surface area contributed by atoms with Gasteiger partial charge in [-0.1, -0.05) is 17.4 Å². The van der Waals surface area contributed by atoms with Crippen molar-refractivity contribution >= 4 is 32.5 Å². The summed E-state index contributed by atoms with van der Waals surface area (Å²) in [5.74, 6) is 0.770. The average Bonchev–Trinajstić information content (AvgIpc) is 3.00. The Labute approximate surface area is 155 Å². The van der Waals surface area contributed by atoms with Crippen molar-refractivity contribution in [1.29, 1.82) is 0 Å². The minimum absolute atomic E-state index is 0. The molecule has 0 radical (unpaired) electrons. The van der Waals surface area contributed by atoms with Crippen LogP contribution in [0.3, 0.4) is 0 Å². The van der Waals surface area contributed by atoms with E-state index in [4.69, 9.17) is 4.74 Å². The number of benzene rings is 2. The second-order valence-corrected chi connectivity index (χ2v) is 6.41. The quantitative estimate of drug-likeness (QED) is 0.648. The minimum Gasteiger partial charge on any atom is -1.00 e. The lowest BCUT2D eigenvalue weighted by atomic mass is 10.1. The number of Topliss-reactive ketones (excluding diaryl/α,β-unsaturated/α-hetero) is 1. The summed E-state index contributed by atoms with van der Waals surface area (Å²) in [6.45, 7) is 4.38. The number of ketones is 1. The molecule has 3 aromatic rings. The maximum Gasteiger partial charge on any atom is 0.184 e. The number of carbonyl (C=O) groups excluding carboxylic acids is 1. The zero-order valence-electron chi connectivity index (χ0n) is 13.7. The molecule has 4 nitrogen and oxygen atoms in total. The molecule has 0 aliphatic rings. The van der Waals surface area contributed by atoms with Crippen LogP contribution in [0.1, 0.15) is 21.5 Å². The Hall–Kier alpha value is -1.92. The summed E-state index contributed by atoms with van der Waals surface area (Å²) in [7, 11) is 1.61. The van der Waals surface area contributed by atoms with E-state index in [1.54, 1.807) is 42.7 Å². The van der Waals surface area contributed by atoms with E-state index in [1.165, 1.54) is 11.1 Å². The summed E-state index contributed by atoms with van der Waals surface area (Å²) in [6, 6.07) is 11.3. The zero-order chi connectivity index (χ0) is 16.4. The fourth-order valence-corrected chi connectivity index (χ4v) is 3.26. The van der Waals surface area contributed by atoms with E-state index in [0.29, 0.717) is 5.56 Å². The molecule has 24 heavy (non-hydrogen) atoms. The average molecular weight is 406 g/mol. The van der Waals surface area contributed by atoms with Crippen LogP contribution in [-0.2, 0) is 0 Å². The molecule has 0 unspecified atom stereocenters. The highest BCUT2D eigenvalue weighted by atomic mass is 79.9. The van der Waals surface area contributed by atoms with Crippen molar-refractivity contribution in [1.82, 2.24) is 4.98 Å². The number of halogens is 1. The van der Waals surface area contributed by atoms with E-state index in [-0.39, 0.29) is 29.3 Å². The van der Waals surface area contributed by atoms with Gasteiger partial charge in [-0.25, -0.2) is 4.98 Å². The fourth-order valence-electron chi connectivity index (χ4n) is 2.34. The first-order chi connectivity index (χ1) is 11.1. The first-order valence-electron chi connectivity index (χ1n) is 7.36. The number of rotatable bonds is 5. The number of aryl methyl sites for hydroxylation is 2. The first kappa shape index (κ1) is 18.4. The van der Waals surface area contributed by atoms with Gasteiger partial charge in [-0.2, -0.15) is 0 Å². The Kier molecular flexibility index (Phi) is 5.96. The highest BCUT2D eigenvalue weighted by Crippen LogP contribution is 2.29. The van der Waals surface area contributed by atoms with Crippen LogP contribution in [0.5, 0.6) is 5.75 Å². The summed E-state index contributed by atoms with van der Waals surface area (Å²) in [4.78, 5) is 16.8. The summed E-state index contributed by atoms with van der Waals surface area (Å²) in [5.41, 5.74) is 4.08. The predicted octanol–water partition coefficient (Wildman–Crippen LogP) is 1.22. The van der Waals surface area contributed by atoms with Gasteiger partial charge in [-0.3, -0.25) is 4.79 Å². The maximum absolute atomic E-state index is 12.2. The van der Waals surface area contributed by atoms with E-state index in [2.05, 4.69) is 36.3 Å². The number of nitrogens with zero attached hydrogens (tertiary/aromatic N) is 1. The van der Waals surface area contributed by atoms with Gasteiger partial charge in [0, 0.05) is 5.56 Å². The van der Waals surface area contributed by atoms with Crippen LogP contribution in [0.15, 0.2) is 36.4 Å². The molecular formula is C18H18BrN2O2S-. The van der Waals surface area contributed by atoms with Crippen LogP contribution in [0.4, 0.5) is 5.13 Å². The van der Waals surface area contributed by atoms with E-state index >= 15 is 0 Å². The molecule has 0 amide bonds. The molecule has 1 N–H and O–H groups in total. The number of nitrogens with one attached hydrogen (secondary N) is 1. The maximum atomic E-state index is 12.2. The number of carbonyl (C=O) groups is 1. The molecule has 0 atom stereocenters. The molecule has 2 aromatic carbocycles. The minimum atomic E-state index is 0. The SMILES string of the molecule is COc1ccc(C(=O)CNc2nc3c(C)c(C)ccc3s2)cc1.[Br-]. The van der Waals surface area contributed by atoms with Gasteiger partial charge in [0.05, 0.1) is 23.9 Å². The van der Waals surface area contributed by atoms with Gasteiger partial charge in [0.25, 0.3) is 0 Å². The Morgan fingerprint density at radius 2 is 1.88 bits per heavy atom. The highest BCUT2D eigenvalue weighted by molar-refractivity contribution is 7.22. The molecule has 0 bridgehead atoms. The Morgan fingerprint density at radius 3 is 2.54 bits per heavy atom. The largest absolute Gasteiger partial charge is 1.00 e. The standard InChI is InChI=1S/C18H18N2O2S.BrH/c1-11-4-9-16-17(12(11)2)20-18(23-16)19-10-15(21)13-5-7-14(22-3)8-6-13;/h4-9H,10H2,1-3H3,(H,19,20);1H/p-1. The van der Waals surface area contributed by atoms with Crippen LogP contribution in [0, 0.1) is 13.8 Å². The zero-order valence-corrected chi connectivity index (χ0v) is 16.1. The summed E-state index contributed by atoms with van der Waals surface area (Å²) in [5, 5.41) is 3.91. The van der Waals surface area contributed by atoms with Gasteiger partial charge < -0.3 is 27.0 Å². The number of hydrogen-bond acceptors (Lipinski definition) is 5. The first-order valence-corrected chi connectivity index (χ1v) is 8.18.